The largest absolute Gasteiger partial charge is 0.508 e. The highest BCUT2D eigenvalue weighted by Crippen LogP contribution is 2.33. The number of phenolic OH excluding ortho intramolecular Hbond substituents is 1. The van der Waals surface area contributed by atoms with Gasteiger partial charge in [-0.15, -0.1) is 6.42 Å². The number of carbonyl (C=O) groups excluding carboxylic acids is 3. The predicted octanol–water partition coefficient (Wildman–Crippen LogP) is 3.88. The van der Waals surface area contributed by atoms with Gasteiger partial charge in [0.05, 0.1) is 19.1 Å². The molecule has 9 nitrogen and oxygen atoms in total. The van der Waals surface area contributed by atoms with Crippen LogP contribution in [0.2, 0.25) is 0 Å². The van der Waals surface area contributed by atoms with Crippen molar-refractivity contribution in [1.29, 1.82) is 0 Å². The van der Waals surface area contributed by atoms with E-state index in [9.17, 15) is 28.3 Å². The maximum atomic E-state index is 14.8. The van der Waals surface area contributed by atoms with E-state index in [-0.39, 0.29) is 51.3 Å². The number of amides is 4. The van der Waals surface area contributed by atoms with E-state index in [1.807, 2.05) is 30.3 Å². The molecule has 0 bridgehead atoms. The average molecular weight is 604 g/mol. The van der Waals surface area contributed by atoms with Crippen molar-refractivity contribution in [2.75, 3.05) is 13.1 Å². The molecule has 2 N–H and O–H groups in total. The van der Waals surface area contributed by atoms with E-state index in [1.54, 1.807) is 19.1 Å². The predicted molar refractivity (Wildman–Crippen MR) is 160 cm³/mol. The molecule has 0 saturated carbocycles. The number of benzene rings is 3. The Kier molecular flexibility index (Phi) is 9.86. The van der Waals surface area contributed by atoms with Crippen molar-refractivity contribution in [1.82, 2.24) is 25.1 Å². The first-order valence-electron chi connectivity index (χ1n) is 13.8. The van der Waals surface area contributed by atoms with Gasteiger partial charge in [-0.2, -0.15) is 5.01 Å². The minimum Gasteiger partial charge on any atom is -0.508 e. The van der Waals surface area contributed by atoms with Crippen LogP contribution in [0.1, 0.15) is 31.0 Å². The Morgan fingerprint density at radius 3 is 2.41 bits per heavy atom. The molecule has 2 saturated heterocycles. The van der Waals surface area contributed by atoms with Crippen LogP contribution in [0.3, 0.4) is 0 Å². The number of rotatable bonds is 7. The average Bonchev–Trinajstić information content (AvgIpc) is 2.99. The summed E-state index contributed by atoms with van der Waals surface area (Å²) in [5.74, 6) is 0.121. The molecule has 44 heavy (non-hydrogen) atoms. The summed E-state index contributed by atoms with van der Waals surface area (Å²) in [7, 11) is 0. The number of halogens is 2. The second-order valence-corrected chi connectivity index (χ2v) is 10.6. The summed E-state index contributed by atoms with van der Waals surface area (Å²) in [5.41, 5.74) is 1.60. The molecule has 2 heterocycles. The van der Waals surface area contributed by atoms with E-state index in [1.165, 1.54) is 38.0 Å². The van der Waals surface area contributed by atoms with Crippen molar-refractivity contribution < 1.29 is 28.3 Å². The Morgan fingerprint density at radius 2 is 1.75 bits per heavy atom. The number of phenols is 1. The first kappa shape index (κ1) is 32.0. The standard InChI is InChI=1S/C32H31F2N5O4.CH4/c1-3-15-36-20-29(41)38-28(16-22-9-13-26(40)14-10-22)31(42)37(19-24-11-12-25(33)17-27(24)34)21(2)30(38)39(36)32(43)35-18-23-7-5-4-6-8-23;/h1,4-14,17,21,28,30,40H,15-16,18-20H2,2H3,(H,35,43);1H4/t21-,28-,30-;/m0./s1. The van der Waals surface area contributed by atoms with Gasteiger partial charge >= 0.3 is 6.03 Å². The van der Waals surface area contributed by atoms with Gasteiger partial charge in [-0.3, -0.25) is 9.59 Å². The molecule has 3 atom stereocenters. The first-order valence-corrected chi connectivity index (χ1v) is 13.8. The molecule has 2 aliphatic rings. The van der Waals surface area contributed by atoms with Gasteiger partial charge in [-0.1, -0.05) is 61.9 Å². The Morgan fingerprint density at radius 1 is 1.05 bits per heavy atom. The number of hydrogen-bond acceptors (Lipinski definition) is 5. The Balaban J connectivity index is 0.00000442. The summed E-state index contributed by atoms with van der Waals surface area (Å²) in [5, 5.41) is 15.5. The number of piperazine rings is 1. The van der Waals surface area contributed by atoms with Crippen LogP contribution in [0, 0.1) is 24.0 Å². The fourth-order valence-corrected chi connectivity index (χ4v) is 5.65. The van der Waals surface area contributed by atoms with E-state index in [4.69, 9.17) is 6.42 Å². The quantitative estimate of drug-likeness (QED) is 0.400. The molecule has 230 valence electrons. The first-order chi connectivity index (χ1) is 20.7. The van der Waals surface area contributed by atoms with Gasteiger partial charge in [-0.25, -0.2) is 18.6 Å². The number of terminal acetylenes is 1. The topological polar surface area (TPSA) is 96.4 Å². The zero-order valence-electron chi connectivity index (χ0n) is 23.5. The molecule has 3 aromatic carbocycles. The number of fused-ring (bicyclic) bond motifs is 1. The van der Waals surface area contributed by atoms with E-state index < -0.39 is 47.7 Å². The van der Waals surface area contributed by atoms with E-state index in [2.05, 4.69) is 11.2 Å². The monoisotopic (exact) mass is 603 g/mol. The minimum atomic E-state index is -1.06. The fourth-order valence-electron chi connectivity index (χ4n) is 5.65. The summed E-state index contributed by atoms with van der Waals surface area (Å²) in [4.78, 5) is 44.5. The molecule has 0 aliphatic carbocycles. The van der Waals surface area contributed by atoms with Gasteiger partial charge in [0.1, 0.15) is 29.6 Å². The van der Waals surface area contributed by atoms with Gasteiger partial charge in [0.25, 0.3) is 0 Å². The third-order valence-electron chi connectivity index (χ3n) is 7.76. The highest BCUT2D eigenvalue weighted by Gasteiger charge is 2.54. The maximum Gasteiger partial charge on any atom is 0.334 e. The van der Waals surface area contributed by atoms with E-state index in [0.717, 1.165) is 17.7 Å². The zero-order chi connectivity index (χ0) is 30.7. The molecular formula is C33H35F2N5O4. The third kappa shape index (κ3) is 6.50. The lowest BCUT2D eigenvalue weighted by molar-refractivity contribution is -0.198. The molecule has 3 aromatic rings. The zero-order valence-corrected chi connectivity index (χ0v) is 23.5. The number of urea groups is 1. The SMILES string of the molecule is C.C#CCN1CC(=O)N2[C@@H](Cc3ccc(O)cc3)C(=O)N(Cc3ccc(F)cc3F)[C@@H](C)[C@@H]2N1C(=O)NCc1ccccc1. The van der Waals surface area contributed by atoms with Crippen molar-refractivity contribution in [3.8, 4) is 18.1 Å². The van der Waals surface area contributed by atoms with Gasteiger partial charge in [0, 0.05) is 31.1 Å². The third-order valence-corrected chi connectivity index (χ3v) is 7.76. The molecule has 0 spiro atoms. The van der Waals surface area contributed by atoms with Gasteiger partial charge in [0.15, 0.2) is 0 Å². The van der Waals surface area contributed by atoms with Gasteiger partial charge < -0.3 is 20.2 Å². The molecule has 0 radical (unpaired) electrons. The lowest BCUT2D eigenvalue weighted by Gasteiger charge is -2.57. The number of nitrogens with one attached hydrogen (secondary N) is 1. The molecule has 11 heteroatoms. The lowest BCUT2D eigenvalue weighted by atomic mass is 9.94. The lowest BCUT2D eigenvalue weighted by Crippen LogP contribution is -2.79. The molecule has 0 aromatic heterocycles. The minimum absolute atomic E-state index is 0. The number of carbonyl (C=O) groups is 3. The van der Waals surface area contributed by atoms with Crippen molar-refractivity contribution in [2.45, 2.75) is 52.1 Å². The summed E-state index contributed by atoms with van der Waals surface area (Å²) in [6.07, 6.45) is 4.71. The number of nitrogens with zero attached hydrogens (tertiary/aromatic N) is 4. The Bertz CT molecular complexity index is 1550. The van der Waals surface area contributed by atoms with E-state index in [0.29, 0.717) is 5.56 Å². The number of hydrogen-bond donors (Lipinski definition) is 2. The fraction of sp³-hybridized carbons (Fsp3) is 0.303. The van der Waals surface area contributed by atoms with Crippen molar-refractivity contribution in [3.05, 3.63) is 101 Å². The second-order valence-electron chi connectivity index (χ2n) is 10.6. The molecule has 2 fully saturated rings. The smallest absolute Gasteiger partial charge is 0.334 e. The van der Waals surface area contributed by atoms with E-state index >= 15 is 0 Å². The summed E-state index contributed by atoms with van der Waals surface area (Å²) in [6, 6.07) is 16.3. The van der Waals surface area contributed by atoms with Crippen molar-refractivity contribution >= 4 is 17.8 Å². The number of aromatic hydroxyl groups is 1. The molecule has 5 rings (SSSR count). The van der Waals surface area contributed by atoms with Crippen LogP contribution in [0.15, 0.2) is 72.8 Å². The maximum absolute atomic E-state index is 14.8. The second kappa shape index (κ2) is 13.6. The highest BCUT2D eigenvalue weighted by molar-refractivity contribution is 5.92. The highest BCUT2D eigenvalue weighted by atomic mass is 19.1. The van der Waals surface area contributed by atoms with Crippen molar-refractivity contribution in [2.24, 2.45) is 0 Å². The molecule has 0 unspecified atom stereocenters. The van der Waals surface area contributed by atoms with Crippen LogP contribution in [0.5, 0.6) is 5.75 Å². The molecule has 2 aliphatic heterocycles. The van der Waals surface area contributed by atoms with Gasteiger partial charge in [-0.05, 0) is 36.2 Å². The molecule has 4 amide bonds. The Labute approximate surface area is 255 Å². The molecular weight excluding hydrogens is 568 g/mol. The Hall–Kier alpha value is -4.95. The van der Waals surface area contributed by atoms with Crippen LogP contribution in [-0.4, -0.2) is 74.1 Å². The summed E-state index contributed by atoms with van der Waals surface area (Å²) < 4.78 is 28.5. The van der Waals surface area contributed by atoms with Crippen LogP contribution >= 0.6 is 0 Å². The van der Waals surface area contributed by atoms with Gasteiger partial charge in [0.2, 0.25) is 11.8 Å². The van der Waals surface area contributed by atoms with Crippen molar-refractivity contribution in [3.63, 3.8) is 0 Å². The summed E-state index contributed by atoms with van der Waals surface area (Å²) in [6.45, 7) is 1.38. The van der Waals surface area contributed by atoms with Crippen LogP contribution in [-0.2, 0) is 29.1 Å². The summed E-state index contributed by atoms with van der Waals surface area (Å²) >= 11 is 0. The van der Waals surface area contributed by atoms with Crippen LogP contribution in [0.4, 0.5) is 13.6 Å². The van der Waals surface area contributed by atoms with Crippen LogP contribution < -0.4 is 5.32 Å². The van der Waals surface area contributed by atoms with Crippen LogP contribution in [0.25, 0.3) is 0 Å². The number of hydrazine groups is 1. The normalized spacial score (nSPS) is 20.0.